The largest absolute Gasteiger partial charge is 0.417 e. The van der Waals surface area contributed by atoms with E-state index in [0.717, 1.165) is 30.1 Å². The highest BCUT2D eigenvalue weighted by molar-refractivity contribution is 5.82. The average molecular weight is 326 g/mol. The van der Waals surface area contributed by atoms with E-state index in [0.29, 0.717) is 19.4 Å². The fraction of sp³-hybridized carbons (Fsp3) is 0.429. The Hall–Kier alpha value is -2.13. The van der Waals surface area contributed by atoms with E-state index in [1.54, 1.807) is 0 Å². The number of aromatic nitrogens is 1. The summed E-state index contributed by atoms with van der Waals surface area (Å²) in [6.07, 6.45) is -2.38. The van der Waals surface area contributed by atoms with E-state index in [2.05, 4.69) is 20.6 Å². The van der Waals surface area contributed by atoms with Gasteiger partial charge in [-0.15, -0.1) is 0 Å². The first kappa shape index (κ1) is 15.8. The predicted octanol–water partition coefficient (Wildman–Crippen LogP) is 0.767. The Labute approximate surface area is 130 Å². The van der Waals surface area contributed by atoms with Crippen LogP contribution in [0.25, 0.3) is 0 Å². The van der Waals surface area contributed by atoms with Crippen molar-refractivity contribution in [2.75, 3.05) is 13.1 Å². The van der Waals surface area contributed by atoms with Gasteiger partial charge in [0.05, 0.1) is 11.3 Å². The van der Waals surface area contributed by atoms with Crippen LogP contribution in [0.4, 0.5) is 13.2 Å². The highest BCUT2D eigenvalue weighted by Gasteiger charge is 2.39. The van der Waals surface area contributed by atoms with E-state index in [1.165, 1.54) is 6.07 Å². The number of hydrogen-bond donors (Lipinski definition) is 4. The lowest BCUT2D eigenvalue weighted by molar-refractivity contribution is -0.137. The first-order valence-electron chi connectivity index (χ1n) is 7.19. The summed E-state index contributed by atoms with van der Waals surface area (Å²) < 4.78 is 38.1. The summed E-state index contributed by atoms with van der Waals surface area (Å²) in [5.41, 5.74) is 11.9. The average Bonchev–Trinajstić information content (AvgIpc) is 2.72. The van der Waals surface area contributed by atoms with Crippen molar-refractivity contribution in [3.63, 3.8) is 0 Å². The topological polar surface area (TPSA) is 101 Å². The molecule has 0 bridgehead atoms. The monoisotopic (exact) mass is 326 g/mol. The second-order valence-corrected chi connectivity index (χ2v) is 5.53. The van der Waals surface area contributed by atoms with Gasteiger partial charge in [-0.2, -0.15) is 13.2 Å². The number of guanidine groups is 1. The fourth-order valence-corrected chi connectivity index (χ4v) is 2.85. The van der Waals surface area contributed by atoms with Crippen LogP contribution in [0, 0.1) is 0 Å². The normalized spacial score (nSPS) is 25.3. The SMILES string of the molecule is NC1=NC(N)(c2ccc(C(F)(F)F)cn2)C2=C(CCNCC2)N1. The maximum atomic E-state index is 12.7. The Kier molecular flexibility index (Phi) is 3.77. The number of hydrogen-bond acceptors (Lipinski definition) is 6. The van der Waals surface area contributed by atoms with Crippen molar-refractivity contribution in [3.05, 3.63) is 40.9 Å². The van der Waals surface area contributed by atoms with Gasteiger partial charge in [0.1, 0.15) is 0 Å². The molecule has 0 spiro atoms. The first-order valence-corrected chi connectivity index (χ1v) is 7.19. The minimum atomic E-state index is -4.44. The third-order valence-electron chi connectivity index (χ3n) is 3.98. The second-order valence-electron chi connectivity index (χ2n) is 5.53. The molecule has 23 heavy (non-hydrogen) atoms. The smallest absolute Gasteiger partial charge is 0.370 e. The van der Waals surface area contributed by atoms with Crippen molar-refractivity contribution in [2.24, 2.45) is 16.5 Å². The lowest BCUT2D eigenvalue weighted by atomic mass is 9.90. The molecule has 0 radical (unpaired) electrons. The predicted molar refractivity (Wildman–Crippen MR) is 79.0 cm³/mol. The summed E-state index contributed by atoms with van der Waals surface area (Å²) in [6, 6.07) is 2.22. The molecule has 1 unspecified atom stereocenters. The van der Waals surface area contributed by atoms with Crippen LogP contribution in [0.3, 0.4) is 0 Å². The van der Waals surface area contributed by atoms with E-state index >= 15 is 0 Å². The summed E-state index contributed by atoms with van der Waals surface area (Å²) in [6.45, 7) is 1.46. The van der Waals surface area contributed by atoms with Crippen molar-refractivity contribution in [3.8, 4) is 0 Å². The lowest BCUT2D eigenvalue weighted by Gasteiger charge is -2.34. The Morgan fingerprint density at radius 3 is 2.57 bits per heavy atom. The maximum absolute atomic E-state index is 12.7. The summed E-state index contributed by atoms with van der Waals surface area (Å²) in [7, 11) is 0. The lowest BCUT2D eigenvalue weighted by Crippen LogP contribution is -2.48. The number of nitrogens with one attached hydrogen (secondary N) is 2. The molecule has 2 aliphatic rings. The van der Waals surface area contributed by atoms with Gasteiger partial charge in [0, 0.05) is 24.9 Å². The molecule has 9 heteroatoms. The minimum absolute atomic E-state index is 0.134. The van der Waals surface area contributed by atoms with Gasteiger partial charge in [-0.3, -0.25) is 10.7 Å². The van der Waals surface area contributed by atoms with E-state index in [4.69, 9.17) is 11.5 Å². The molecular weight excluding hydrogens is 309 g/mol. The standard InChI is InChI=1S/C14H17F3N6/c15-14(16,17)8-1-2-11(21-7-8)13(19)9-3-5-20-6-4-10(9)22-12(18)23-13/h1-2,7,20H,3-6,19H2,(H3,18,22,23). The number of nitrogens with zero attached hydrogens (tertiary/aromatic N) is 2. The molecule has 2 aliphatic heterocycles. The van der Waals surface area contributed by atoms with Crippen LogP contribution >= 0.6 is 0 Å². The summed E-state index contributed by atoms with van der Waals surface area (Å²) >= 11 is 0. The highest BCUT2D eigenvalue weighted by atomic mass is 19.4. The molecule has 1 atom stereocenters. The van der Waals surface area contributed by atoms with E-state index in [1.807, 2.05) is 0 Å². The number of alkyl halides is 3. The maximum Gasteiger partial charge on any atom is 0.417 e. The molecule has 0 saturated carbocycles. The molecule has 0 fully saturated rings. The van der Waals surface area contributed by atoms with Gasteiger partial charge >= 0.3 is 6.18 Å². The molecule has 6 nitrogen and oxygen atoms in total. The third kappa shape index (κ3) is 2.89. The third-order valence-corrected chi connectivity index (χ3v) is 3.98. The molecule has 3 heterocycles. The second kappa shape index (κ2) is 5.50. The van der Waals surface area contributed by atoms with Crippen LogP contribution in [-0.2, 0) is 11.8 Å². The summed E-state index contributed by atoms with van der Waals surface area (Å²) in [4.78, 5) is 8.14. The Bertz CT molecular complexity index is 664. The van der Waals surface area contributed by atoms with Crippen molar-refractivity contribution in [2.45, 2.75) is 24.7 Å². The fourth-order valence-electron chi connectivity index (χ4n) is 2.85. The zero-order chi connectivity index (χ0) is 16.7. The van der Waals surface area contributed by atoms with Crippen molar-refractivity contribution < 1.29 is 13.2 Å². The molecule has 0 amide bonds. The van der Waals surface area contributed by atoms with Gasteiger partial charge in [-0.05, 0) is 30.7 Å². The van der Waals surface area contributed by atoms with Crippen LogP contribution in [0.15, 0.2) is 34.6 Å². The first-order chi connectivity index (χ1) is 10.8. The zero-order valence-corrected chi connectivity index (χ0v) is 12.2. The summed E-state index contributed by atoms with van der Waals surface area (Å²) in [5, 5.41) is 6.24. The number of pyridine rings is 1. The Morgan fingerprint density at radius 1 is 1.17 bits per heavy atom. The van der Waals surface area contributed by atoms with E-state index in [-0.39, 0.29) is 11.7 Å². The molecule has 0 aromatic carbocycles. The van der Waals surface area contributed by atoms with Crippen LogP contribution in [0.2, 0.25) is 0 Å². The minimum Gasteiger partial charge on any atom is -0.370 e. The Morgan fingerprint density at radius 2 is 1.91 bits per heavy atom. The zero-order valence-electron chi connectivity index (χ0n) is 12.2. The number of halogens is 3. The van der Waals surface area contributed by atoms with Gasteiger partial charge in [0.25, 0.3) is 0 Å². The molecule has 0 aliphatic carbocycles. The van der Waals surface area contributed by atoms with Crippen LogP contribution in [0.1, 0.15) is 24.1 Å². The van der Waals surface area contributed by atoms with Crippen molar-refractivity contribution in [1.29, 1.82) is 0 Å². The number of rotatable bonds is 1. The van der Waals surface area contributed by atoms with E-state index in [9.17, 15) is 13.2 Å². The van der Waals surface area contributed by atoms with Crippen LogP contribution in [0.5, 0.6) is 0 Å². The molecule has 124 valence electrons. The molecule has 3 rings (SSSR count). The quantitative estimate of drug-likeness (QED) is 0.611. The molecule has 1 aromatic rings. The molecule has 0 saturated heterocycles. The Balaban J connectivity index is 2.04. The van der Waals surface area contributed by atoms with Crippen molar-refractivity contribution >= 4 is 5.96 Å². The van der Waals surface area contributed by atoms with E-state index < -0.39 is 17.4 Å². The number of nitrogens with two attached hydrogens (primary N) is 2. The molecule has 1 aromatic heterocycles. The highest BCUT2D eigenvalue weighted by Crippen LogP contribution is 2.36. The van der Waals surface area contributed by atoms with Gasteiger partial charge in [-0.25, -0.2) is 4.99 Å². The summed E-state index contributed by atoms with van der Waals surface area (Å²) in [5.74, 6) is 0.134. The van der Waals surface area contributed by atoms with Gasteiger partial charge in [0.2, 0.25) is 0 Å². The van der Waals surface area contributed by atoms with Gasteiger partial charge in [-0.1, -0.05) is 0 Å². The van der Waals surface area contributed by atoms with Gasteiger partial charge < -0.3 is 16.4 Å². The van der Waals surface area contributed by atoms with Gasteiger partial charge in [0.15, 0.2) is 11.6 Å². The molecular formula is C14H17F3N6. The van der Waals surface area contributed by atoms with Crippen LogP contribution in [-0.4, -0.2) is 24.0 Å². The van der Waals surface area contributed by atoms with Crippen molar-refractivity contribution in [1.82, 2.24) is 15.6 Å². The number of aliphatic imine (C=N–C) groups is 1. The van der Waals surface area contributed by atoms with Crippen LogP contribution < -0.4 is 22.1 Å². The molecule has 6 N–H and O–H groups in total.